The highest BCUT2D eigenvalue weighted by Crippen LogP contribution is 2.43. The highest BCUT2D eigenvalue weighted by Gasteiger charge is 2.45. The first-order valence-corrected chi connectivity index (χ1v) is 8.95. The van der Waals surface area contributed by atoms with Gasteiger partial charge in [-0.1, -0.05) is 25.0 Å². The third-order valence-corrected chi connectivity index (χ3v) is 5.59. The second-order valence-electron chi connectivity index (χ2n) is 7.17. The maximum absolute atomic E-state index is 13.8. The number of nitrogens with zero attached hydrogens (tertiary/aromatic N) is 3. The van der Waals surface area contributed by atoms with Crippen LogP contribution in [0.2, 0.25) is 0 Å². The average Bonchev–Trinajstić information content (AvgIpc) is 3.12. The van der Waals surface area contributed by atoms with Crippen molar-refractivity contribution in [2.24, 2.45) is 0 Å². The van der Waals surface area contributed by atoms with Gasteiger partial charge in [0.15, 0.2) is 0 Å². The van der Waals surface area contributed by atoms with E-state index in [1.54, 1.807) is 6.07 Å². The van der Waals surface area contributed by atoms with Crippen LogP contribution in [0.3, 0.4) is 0 Å². The van der Waals surface area contributed by atoms with Gasteiger partial charge in [-0.3, -0.25) is 4.79 Å². The molecule has 0 bridgehead atoms. The molecule has 1 aromatic heterocycles. The van der Waals surface area contributed by atoms with Crippen molar-refractivity contribution in [1.82, 2.24) is 14.9 Å². The van der Waals surface area contributed by atoms with Crippen LogP contribution in [-0.2, 0) is 23.2 Å². The van der Waals surface area contributed by atoms with Crippen LogP contribution in [-0.4, -0.2) is 27.3 Å². The number of carbonyl (C=O) groups excluding carboxylic acids is 1. The molecule has 4 rings (SSSR count). The number of benzene rings is 1. The van der Waals surface area contributed by atoms with Gasteiger partial charge in [0, 0.05) is 31.3 Å². The lowest BCUT2D eigenvalue weighted by Crippen LogP contribution is -2.47. The molecule has 0 unspecified atom stereocenters. The quantitative estimate of drug-likeness (QED) is 0.843. The van der Waals surface area contributed by atoms with Crippen LogP contribution in [0.1, 0.15) is 48.3 Å². The van der Waals surface area contributed by atoms with Gasteiger partial charge in [-0.15, -0.1) is 0 Å². The molecule has 2 heterocycles. The van der Waals surface area contributed by atoms with Gasteiger partial charge in [-0.2, -0.15) is 0 Å². The Labute approximate surface area is 147 Å². The predicted octanol–water partition coefficient (Wildman–Crippen LogP) is 3.32. The molecule has 5 heteroatoms. The highest BCUT2D eigenvalue weighted by molar-refractivity contribution is 5.88. The molecule has 0 atom stereocenters. The number of halogens is 1. The van der Waals surface area contributed by atoms with E-state index >= 15 is 0 Å². The van der Waals surface area contributed by atoms with E-state index in [1.165, 1.54) is 12.1 Å². The minimum atomic E-state index is -0.578. The van der Waals surface area contributed by atoms with Crippen LogP contribution >= 0.6 is 0 Å². The zero-order valence-electron chi connectivity index (χ0n) is 14.5. The Morgan fingerprint density at radius 1 is 1.28 bits per heavy atom. The summed E-state index contributed by atoms with van der Waals surface area (Å²) in [5, 5.41) is 0. The van der Waals surface area contributed by atoms with Crippen molar-refractivity contribution >= 4 is 5.91 Å². The second-order valence-corrected chi connectivity index (χ2v) is 7.17. The van der Waals surface area contributed by atoms with Crippen molar-refractivity contribution in [2.45, 2.75) is 51.0 Å². The predicted molar refractivity (Wildman–Crippen MR) is 92.4 cm³/mol. The Bertz CT molecular complexity index is 814. The van der Waals surface area contributed by atoms with E-state index in [1.807, 2.05) is 24.1 Å². The molecule has 2 aliphatic rings. The van der Waals surface area contributed by atoms with E-state index in [4.69, 9.17) is 0 Å². The molecular formula is C20H22FN3O. The van der Waals surface area contributed by atoms with Gasteiger partial charge in [-0.05, 0) is 37.5 Å². The van der Waals surface area contributed by atoms with E-state index in [2.05, 4.69) is 9.97 Å². The molecule has 1 aromatic carbocycles. The summed E-state index contributed by atoms with van der Waals surface area (Å²) in [6.45, 7) is 3.10. The van der Waals surface area contributed by atoms with Crippen LogP contribution in [0.15, 0.2) is 30.5 Å². The Balaban J connectivity index is 1.65. The van der Waals surface area contributed by atoms with Crippen molar-refractivity contribution in [3.8, 4) is 0 Å². The molecule has 130 valence electrons. The first-order valence-electron chi connectivity index (χ1n) is 8.95. The standard InChI is InChI=1S/C20H22FN3O/c1-14-22-12-15-13-24(10-7-18(15)23-14)19(25)20(8-2-3-9-20)16-5-4-6-17(21)11-16/h4-6,11-12H,2-3,7-10,13H2,1H3. The number of aryl methyl sites for hydroxylation is 1. The van der Waals surface area contributed by atoms with E-state index in [-0.39, 0.29) is 11.7 Å². The Hall–Kier alpha value is -2.30. The molecule has 1 amide bonds. The summed E-state index contributed by atoms with van der Waals surface area (Å²) in [5.41, 5.74) is 2.31. The number of hydrogen-bond acceptors (Lipinski definition) is 3. The van der Waals surface area contributed by atoms with Crippen molar-refractivity contribution in [2.75, 3.05) is 6.54 Å². The number of rotatable bonds is 2. The molecule has 0 N–H and O–H groups in total. The Morgan fingerprint density at radius 2 is 2.08 bits per heavy atom. The summed E-state index contributed by atoms with van der Waals surface area (Å²) in [5.74, 6) is 0.622. The van der Waals surface area contributed by atoms with Gasteiger partial charge in [0.1, 0.15) is 11.6 Å². The van der Waals surface area contributed by atoms with E-state index < -0.39 is 5.41 Å². The van der Waals surface area contributed by atoms with Gasteiger partial charge in [0.25, 0.3) is 0 Å². The summed E-state index contributed by atoms with van der Waals surface area (Å²) in [6.07, 6.45) is 6.19. The van der Waals surface area contributed by atoms with Crippen LogP contribution < -0.4 is 0 Å². The normalized spacial score (nSPS) is 18.9. The SMILES string of the molecule is Cc1ncc2c(n1)CCN(C(=O)C1(c3cccc(F)c3)CCCC1)C2. The molecule has 0 radical (unpaired) electrons. The lowest BCUT2D eigenvalue weighted by atomic mass is 9.77. The van der Waals surface area contributed by atoms with E-state index in [9.17, 15) is 9.18 Å². The fourth-order valence-corrected chi connectivity index (χ4v) is 4.28. The number of carbonyl (C=O) groups is 1. The smallest absolute Gasteiger partial charge is 0.233 e. The van der Waals surface area contributed by atoms with Gasteiger partial charge < -0.3 is 4.90 Å². The third kappa shape index (κ3) is 2.81. The van der Waals surface area contributed by atoms with Crippen molar-refractivity contribution in [1.29, 1.82) is 0 Å². The molecular weight excluding hydrogens is 317 g/mol. The number of amides is 1. The minimum absolute atomic E-state index is 0.127. The molecule has 25 heavy (non-hydrogen) atoms. The van der Waals surface area contributed by atoms with E-state index in [0.717, 1.165) is 54.7 Å². The van der Waals surface area contributed by atoms with Gasteiger partial charge in [0.05, 0.1) is 11.1 Å². The van der Waals surface area contributed by atoms with Crippen LogP contribution in [0, 0.1) is 12.7 Å². The molecule has 1 aliphatic carbocycles. The van der Waals surface area contributed by atoms with Crippen LogP contribution in [0.25, 0.3) is 0 Å². The van der Waals surface area contributed by atoms with Gasteiger partial charge >= 0.3 is 0 Å². The monoisotopic (exact) mass is 339 g/mol. The summed E-state index contributed by atoms with van der Waals surface area (Å²) in [7, 11) is 0. The largest absolute Gasteiger partial charge is 0.337 e. The summed E-state index contributed by atoms with van der Waals surface area (Å²) in [6, 6.07) is 6.58. The highest BCUT2D eigenvalue weighted by atomic mass is 19.1. The molecule has 1 aliphatic heterocycles. The summed E-state index contributed by atoms with van der Waals surface area (Å²) < 4.78 is 13.8. The molecule has 0 saturated heterocycles. The van der Waals surface area contributed by atoms with Gasteiger partial charge in [-0.25, -0.2) is 14.4 Å². The van der Waals surface area contributed by atoms with Crippen LogP contribution in [0.4, 0.5) is 4.39 Å². The lowest BCUT2D eigenvalue weighted by molar-refractivity contribution is -0.138. The minimum Gasteiger partial charge on any atom is -0.337 e. The fraction of sp³-hybridized carbons (Fsp3) is 0.450. The maximum Gasteiger partial charge on any atom is 0.233 e. The summed E-state index contributed by atoms with van der Waals surface area (Å²) >= 11 is 0. The summed E-state index contributed by atoms with van der Waals surface area (Å²) in [4.78, 5) is 24.2. The first-order chi connectivity index (χ1) is 12.1. The molecule has 0 spiro atoms. The average molecular weight is 339 g/mol. The second kappa shape index (κ2) is 6.21. The number of aromatic nitrogens is 2. The van der Waals surface area contributed by atoms with Crippen molar-refractivity contribution in [3.05, 3.63) is 58.9 Å². The topological polar surface area (TPSA) is 46.1 Å². The van der Waals surface area contributed by atoms with E-state index in [0.29, 0.717) is 13.1 Å². The first kappa shape index (κ1) is 16.2. The number of hydrogen-bond donors (Lipinski definition) is 0. The van der Waals surface area contributed by atoms with Gasteiger partial charge in [0.2, 0.25) is 5.91 Å². The Kier molecular flexibility index (Phi) is 4.02. The Morgan fingerprint density at radius 3 is 2.84 bits per heavy atom. The van der Waals surface area contributed by atoms with Crippen LogP contribution in [0.5, 0.6) is 0 Å². The molecule has 2 aromatic rings. The zero-order chi connectivity index (χ0) is 17.4. The fourth-order valence-electron chi connectivity index (χ4n) is 4.28. The molecule has 1 fully saturated rings. The molecule has 4 nitrogen and oxygen atoms in total. The van der Waals surface area contributed by atoms with Crippen molar-refractivity contribution in [3.63, 3.8) is 0 Å². The lowest BCUT2D eigenvalue weighted by Gasteiger charge is -2.37. The zero-order valence-corrected chi connectivity index (χ0v) is 14.5. The third-order valence-electron chi connectivity index (χ3n) is 5.59. The molecule has 1 saturated carbocycles. The van der Waals surface area contributed by atoms with Crippen molar-refractivity contribution < 1.29 is 9.18 Å². The number of fused-ring (bicyclic) bond motifs is 1. The maximum atomic E-state index is 13.8.